The summed E-state index contributed by atoms with van der Waals surface area (Å²) in [6, 6.07) is 8.19. The van der Waals surface area contributed by atoms with Crippen LogP contribution in [-0.2, 0) is 6.42 Å². The summed E-state index contributed by atoms with van der Waals surface area (Å²) in [4.78, 5) is 15.5. The van der Waals surface area contributed by atoms with Crippen molar-refractivity contribution in [2.24, 2.45) is 4.99 Å². The number of H-pyrrole nitrogens is 1. The van der Waals surface area contributed by atoms with Crippen LogP contribution in [0.15, 0.2) is 29.3 Å². The van der Waals surface area contributed by atoms with Gasteiger partial charge in [0.1, 0.15) is 5.82 Å². The van der Waals surface area contributed by atoms with Gasteiger partial charge in [-0.2, -0.15) is 0 Å². The summed E-state index contributed by atoms with van der Waals surface area (Å²) in [6.07, 6.45) is 5.94. The van der Waals surface area contributed by atoms with Gasteiger partial charge in [0.2, 0.25) is 0 Å². The Hall–Kier alpha value is -2.08. The smallest absolute Gasteiger partial charge is 0.191 e. The number of guanidine groups is 1. The summed E-state index contributed by atoms with van der Waals surface area (Å²) in [7, 11) is 0. The van der Waals surface area contributed by atoms with Gasteiger partial charge >= 0.3 is 0 Å². The number of likely N-dealkylation sites (tertiary alicyclic amines) is 1. The van der Waals surface area contributed by atoms with Crippen LogP contribution in [0.25, 0.3) is 11.0 Å². The van der Waals surface area contributed by atoms with Crippen LogP contribution in [0.2, 0.25) is 0 Å². The Bertz CT molecular complexity index is 724. The maximum absolute atomic E-state index is 4.87. The normalized spacial score (nSPS) is 16.5. The van der Waals surface area contributed by atoms with Crippen molar-refractivity contribution in [3.8, 4) is 0 Å². The Morgan fingerprint density at radius 3 is 2.71 bits per heavy atom. The number of hydrogen-bond acceptors (Lipinski definition) is 3. The van der Waals surface area contributed by atoms with Crippen molar-refractivity contribution in [3.05, 3.63) is 30.1 Å². The number of nitrogens with zero attached hydrogens (tertiary/aromatic N) is 3. The van der Waals surface area contributed by atoms with E-state index in [1.165, 1.54) is 32.4 Å². The van der Waals surface area contributed by atoms with Crippen LogP contribution in [0.1, 0.15) is 52.3 Å². The van der Waals surface area contributed by atoms with Gasteiger partial charge in [-0.3, -0.25) is 9.89 Å². The van der Waals surface area contributed by atoms with Crippen LogP contribution in [0.3, 0.4) is 0 Å². The minimum absolute atomic E-state index is 0.108. The molecule has 1 aromatic carbocycles. The standard InChI is InChI=1S/C22H36N6/c1-4-23-21(25-17-22(2,3)28-15-8-5-9-16-28)24-14-10-13-20-26-18-11-6-7-12-19(18)27-20/h6-7,11-12H,4-5,8-10,13-17H2,1-3H3,(H,26,27)(H2,23,24,25). The number of rotatable bonds is 8. The lowest BCUT2D eigenvalue weighted by Crippen LogP contribution is -2.49. The van der Waals surface area contributed by atoms with E-state index in [4.69, 9.17) is 4.99 Å². The number of para-hydroxylation sites is 2. The lowest BCUT2D eigenvalue weighted by atomic mass is 9.99. The average Bonchev–Trinajstić information content (AvgIpc) is 3.13. The Labute approximate surface area is 169 Å². The lowest BCUT2D eigenvalue weighted by molar-refractivity contribution is 0.102. The quantitative estimate of drug-likeness (QED) is 0.371. The Kier molecular flexibility index (Phi) is 7.31. The maximum atomic E-state index is 4.87. The summed E-state index contributed by atoms with van der Waals surface area (Å²) in [5.41, 5.74) is 2.26. The van der Waals surface area contributed by atoms with Crippen molar-refractivity contribution in [1.29, 1.82) is 0 Å². The van der Waals surface area contributed by atoms with E-state index in [-0.39, 0.29) is 5.54 Å². The molecule has 6 nitrogen and oxygen atoms in total. The minimum atomic E-state index is 0.108. The zero-order valence-corrected chi connectivity index (χ0v) is 17.7. The molecule has 0 spiro atoms. The largest absolute Gasteiger partial charge is 0.357 e. The Morgan fingerprint density at radius 1 is 1.18 bits per heavy atom. The van der Waals surface area contributed by atoms with Gasteiger partial charge in [-0.05, 0) is 65.3 Å². The van der Waals surface area contributed by atoms with Gasteiger partial charge < -0.3 is 15.6 Å². The number of fused-ring (bicyclic) bond motifs is 1. The van der Waals surface area contributed by atoms with Crippen LogP contribution < -0.4 is 10.6 Å². The van der Waals surface area contributed by atoms with Crippen molar-refractivity contribution in [2.75, 3.05) is 32.7 Å². The number of hydrogen-bond donors (Lipinski definition) is 3. The van der Waals surface area contributed by atoms with Crippen molar-refractivity contribution in [3.63, 3.8) is 0 Å². The summed E-state index contributed by atoms with van der Waals surface area (Å²) in [6.45, 7) is 11.7. The van der Waals surface area contributed by atoms with E-state index in [2.05, 4.69) is 52.3 Å². The Morgan fingerprint density at radius 2 is 1.96 bits per heavy atom. The fraction of sp³-hybridized carbons (Fsp3) is 0.636. The van der Waals surface area contributed by atoms with Gasteiger partial charge in [0.05, 0.1) is 17.6 Å². The molecule has 0 aliphatic carbocycles. The summed E-state index contributed by atoms with van der Waals surface area (Å²) in [5, 5.41) is 6.85. The first kappa shape index (κ1) is 20.6. The predicted molar refractivity (Wildman–Crippen MR) is 118 cm³/mol. The molecule has 154 valence electrons. The molecule has 6 heteroatoms. The first-order valence-corrected chi connectivity index (χ1v) is 10.8. The molecule has 0 amide bonds. The van der Waals surface area contributed by atoms with Gasteiger partial charge in [0.25, 0.3) is 0 Å². The van der Waals surface area contributed by atoms with Gasteiger partial charge in [0.15, 0.2) is 5.96 Å². The zero-order valence-electron chi connectivity index (χ0n) is 17.7. The highest BCUT2D eigenvalue weighted by molar-refractivity contribution is 5.79. The SMILES string of the molecule is CCNC(=NCC(C)(C)N1CCCCC1)NCCCc1nc2ccccc2[nH]1. The molecule has 2 heterocycles. The molecule has 28 heavy (non-hydrogen) atoms. The molecule has 3 N–H and O–H groups in total. The first-order valence-electron chi connectivity index (χ1n) is 10.8. The molecule has 1 aliphatic heterocycles. The fourth-order valence-electron chi connectivity index (χ4n) is 3.80. The molecule has 1 aliphatic rings. The third-order valence-electron chi connectivity index (χ3n) is 5.50. The molecule has 0 radical (unpaired) electrons. The van der Waals surface area contributed by atoms with Crippen molar-refractivity contribution < 1.29 is 0 Å². The zero-order chi connectivity index (χ0) is 19.8. The number of aliphatic imine (C=N–C) groups is 1. The molecule has 1 fully saturated rings. The third-order valence-corrected chi connectivity index (χ3v) is 5.50. The second-order valence-electron chi connectivity index (χ2n) is 8.29. The topological polar surface area (TPSA) is 68.3 Å². The minimum Gasteiger partial charge on any atom is -0.357 e. The molecule has 1 aromatic heterocycles. The van der Waals surface area contributed by atoms with E-state index < -0.39 is 0 Å². The maximum Gasteiger partial charge on any atom is 0.191 e. The molecule has 3 rings (SSSR count). The van der Waals surface area contributed by atoms with Crippen LogP contribution in [-0.4, -0.2) is 59.1 Å². The highest BCUT2D eigenvalue weighted by Crippen LogP contribution is 2.20. The van der Waals surface area contributed by atoms with Gasteiger partial charge in [-0.1, -0.05) is 18.6 Å². The number of piperidine rings is 1. The number of aromatic nitrogens is 2. The van der Waals surface area contributed by atoms with E-state index >= 15 is 0 Å². The molecule has 0 atom stereocenters. The highest BCUT2D eigenvalue weighted by atomic mass is 15.2. The number of nitrogens with one attached hydrogen (secondary N) is 3. The fourth-order valence-corrected chi connectivity index (χ4v) is 3.80. The van der Waals surface area contributed by atoms with Gasteiger partial charge in [-0.25, -0.2) is 4.98 Å². The molecular formula is C22H36N6. The summed E-state index contributed by atoms with van der Waals surface area (Å²) >= 11 is 0. The third kappa shape index (κ3) is 5.71. The molecule has 1 saturated heterocycles. The second kappa shape index (κ2) is 9.92. The van der Waals surface area contributed by atoms with Gasteiger partial charge in [-0.15, -0.1) is 0 Å². The Balaban J connectivity index is 1.47. The molecule has 0 saturated carbocycles. The van der Waals surface area contributed by atoms with Crippen LogP contribution in [0, 0.1) is 0 Å². The predicted octanol–water partition coefficient (Wildman–Crippen LogP) is 3.32. The van der Waals surface area contributed by atoms with Crippen molar-refractivity contribution in [2.45, 2.75) is 58.4 Å². The summed E-state index contributed by atoms with van der Waals surface area (Å²) in [5.74, 6) is 1.97. The first-order chi connectivity index (χ1) is 13.6. The summed E-state index contributed by atoms with van der Waals surface area (Å²) < 4.78 is 0. The second-order valence-corrected chi connectivity index (χ2v) is 8.29. The molecule has 0 bridgehead atoms. The van der Waals surface area contributed by atoms with Crippen molar-refractivity contribution in [1.82, 2.24) is 25.5 Å². The number of benzene rings is 1. The van der Waals surface area contributed by atoms with Gasteiger partial charge in [0, 0.05) is 25.0 Å². The molecule has 0 unspecified atom stereocenters. The molecule has 2 aromatic rings. The van der Waals surface area contributed by atoms with Crippen LogP contribution in [0.4, 0.5) is 0 Å². The van der Waals surface area contributed by atoms with E-state index in [0.29, 0.717) is 0 Å². The average molecular weight is 385 g/mol. The van der Waals surface area contributed by atoms with Crippen molar-refractivity contribution >= 4 is 17.0 Å². The number of aryl methyl sites for hydroxylation is 1. The van der Waals surface area contributed by atoms with E-state index in [9.17, 15) is 0 Å². The lowest BCUT2D eigenvalue weighted by Gasteiger charge is -2.40. The number of imidazole rings is 1. The molecular weight excluding hydrogens is 348 g/mol. The van der Waals surface area contributed by atoms with E-state index in [1.807, 2.05) is 18.2 Å². The number of aromatic amines is 1. The van der Waals surface area contributed by atoms with E-state index in [0.717, 1.165) is 55.3 Å². The van der Waals surface area contributed by atoms with Crippen LogP contribution in [0.5, 0.6) is 0 Å². The monoisotopic (exact) mass is 384 g/mol. The van der Waals surface area contributed by atoms with Crippen LogP contribution >= 0.6 is 0 Å². The highest BCUT2D eigenvalue weighted by Gasteiger charge is 2.27. The van der Waals surface area contributed by atoms with E-state index in [1.54, 1.807) is 0 Å².